The van der Waals surface area contributed by atoms with E-state index in [4.69, 9.17) is 0 Å². The highest BCUT2D eigenvalue weighted by Crippen LogP contribution is 2.57. The number of likely N-dealkylation sites (tertiary alicyclic amines) is 1. The molecule has 0 amide bonds. The fourth-order valence-electron chi connectivity index (χ4n) is 18.9. The molecule has 1 heterocycles. The molecule has 10 aliphatic rings. The highest BCUT2D eigenvalue weighted by Gasteiger charge is 2.57. The lowest BCUT2D eigenvalue weighted by molar-refractivity contribution is -0.231. The summed E-state index contributed by atoms with van der Waals surface area (Å²) in [4.78, 5) is 9.67. The van der Waals surface area contributed by atoms with Gasteiger partial charge in [-0.3, -0.25) is 14.7 Å². The molecule has 0 bridgehead atoms. The van der Waals surface area contributed by atoms with Crippen molar-refractivity contribution in [3.05, 3.63) is 0 Å². The van der Waals surface area contributed by atoms with Crippen LogP contribution in [0.2, 0.25) is 0 Å². The number of nitrogens with zero attached hydrogens (tertiary/aromatic N) is 3. The van der Waals surface area contributed by atoms with Crippen molar-refractivity contribution in [3.63, 3.8) is 0 Å². The molecule has 0 aromatic rings. The molecule has 0 radical (unpaired) electrons. The molecule has 9 saturated carbocycles. The van der Waals surface area contributed by atoms with Crippen molar-refractivity contribution in [1.29, 1.82) is 0 Å². The van der Waals surface area contributed by atoms with Gasteiger partial charge in [0.05, 0.1) is 11.8 Å². The molecule has 0 aromatic heterocycles. The zero-order valence-electron chi connectivity index (χ0n) is 40.6. The van der Waals surface area contributed by atoms with E-state index < -0.39 is 36.5 Å². The van der Waals surface area contributed by atoms with E-state index >= 15 is 0 Å². The normalized spacial score (nSPS) is 42.0. The molecular weight excluding hydrogens is 829 g/mol. The monoisotopic (exact) mass is 920 g/mol. The molecule has 1 saturated heterocycles. The van der Waals surface area contributed by atoms with Crippen LogP contribution in [0.3, 0.4) is 0 Å². The van der Waals surface area contributed by atoms with Gasteiger partial charge in [-0.15, -0.1) is 0 Å². The number of alkyl halides is 6. The number of halogens is 6. The van der Waals surface area contributed by atoms with Gasteiger partial charge in [0.25, 0.3) is 0 Å². The second-order valence-electron chi connectivity index (χ2n) is 25.1. The van der Waals surface area contributed by atoms with Crippen molar-refractivity contribution >= 4 is 0 Å². The molecule has 10 fully saturated rings. The van der Waals surface area contributed by atoms with Crippen molar-refractivity contribution < 1.29 is 26.3 Å². The van der Waals surface area contributed by atoms with E-state index in [9.17, 15) is 26.3 Å². The van der Waals surface area contributed by atoms with Gasteiger partial charge in [-0.05, 0) is 177 Å². The smallest absolute Gasteiger partial charge is 0.294 e. The average molecular weight is 920 g/mol. The van der Waals surface area contributed by atoms with Crippen LogP contribution in [-0.4, -0.2) is 81.4 Å². The van der Waals surface area contributed by atoms with Crippen LogP contribution in [0.1, 0.15) is 238 Å². The van der Waals surface area contributed by atoms with Crippen LogP contribution >= 0.6 is 0 Å². The van der Waals surface area contributed by atoms with Crippen LogP contribution in [-0.2, 0) is 0 Å². The molecule has 372 valence electrons. The highest BCUT2D eigenvalue weighted by molar-refractivity contribution is 5.11. The zero-order chi connectivity index (χ0) is 44.7. The second-order valence-corrected chi connectivity index (χ2v) is 25.1. The number of hydrogen-bond donors (Lipinski definition) is 0. The van der Waals surface area contributed by atoms with E-state index in [-0.39, 0.29) is 18.8 Å². The van der Waals surface area contributed by atoms with Crippen LogP contribution in [0.25, 0.3) is 0 Å². The summed E-state index contributed by atoms with van der Waals surface area (Å²) in [7, 11) is 0. The van der Waals surface area contributed by atoms with Crippen molar-refractivity contribution in [2.75, 3.05) is 0 Å². The Morgan fingerprint density at radius 2 is 0.677 bits per heavy atom. The fraction of sp³-hybridized carbons (Fsp3) is 1.00. The summed E-state index contributed by atoms with van der Waals surface area (Å²) < 4.78 is 84.2. The first-order valence-corrected chi connectivity index (χ1v) is 28.9. The Labute approximate surface area is 391 Å². The van der Waals surface area contributed by atoms with Crippen LogP contribution in [0.15, 0.2) is 0 Å². The third kappa shape index (κ3) is 10.7. The minimum absolute atomic E-state index is 0.00973. The van der Waals surface area contributed by atoms with E-state index in [1.54, 1.807) is 0 Å². The van der Waals surface area contributed by atoms with E-state index in [2.05, 4.69) is 14.7 Å². The molecule has 3 nitrogen and oxygen atoms in total. The largest absolute Gasteiger partial charge is 0.391 e. The summed E-state index contributed by atoms with van der Waals surface area (Å²) in [5.41, 5.74) is 0. The maximum absolute atomic E-state index is 14.0. The number of rotatable bonds is 9. The van der Waals surface area contributed by atoms with Gasteiger partial charge in [0.1, 0.15) is 0 Å². The Morgan fingerprint density at radius 1 is 0.292 bits per heavy atom. The summed E-state index contributed by atoms with van der Waals surface area (Å²) in [6, 6.07) is 6.80. The summed E-state index contributed by atoms with van der Waals surface area (Å²) in [6.07, 6.45) is 35.4. The van der Waals surface area contributed by atoms with Gasteiger partial charge in [0, 0.05) is 54.4 Å². The third-order valence-electron chi connectivity index (χ3n) is 21.7. The molecule has 0 spiro atoms. The first-order chi connectivity index (χ1) is 31.5. The lowest BCUT2D eigenvalue weighted by Gasteiger charge is -2.51. The Balaban J connectivity index is 0.856. The quantitative estimate of drug-likeness (QED) is 0.213. The van der Waals surface area contributed by atoms with Crippen LogP contribution in [0, 0.1) is 47.3 Å². The number of fused-ring (bicyclic) bond motifs is 3. The van der Waals surface area contributed by atoms with Gasteiger partial charge < -0.3 is 0 Å². The zero-order valence-corrected chi connectivity index (χ0v) is 40.6. The van der Waals surface area contributed by atoms with Crippen LogP contribution in [0.5, 0.6) is 0 Å². The molecule has 9 aliphatic carbocycles. The second kappa shape index (κ2) is 21.0. The fourth-order valence-corrected chi connectivity index (χ4v) is 18.9. The van der Waals surface area contributed by atoms with Crippen LogP contribution in [0.4, 0.5) is 26.3 Å². The number of hydrogen-bond acceptors (Lipinski definition) is 3. The SMILES string of the molecule is FC(F)(F)C1CC(C2CCCC(C3CCC(N4C5CCC(N(C6CCCCC6)C6CCCCC6)CC5C5CC(N(C6CCCCC6)C6CCCCC6)CCC54)CC3)C2)CC(C(F)(F)F)C1. The average Bonchev–Trinajstić information content (AvgIpc) is 3.65. The minimum atomic E-state index is -4.55. The molecule has 1 aliphatic heterocycles. The lowest BCUT2D eigenvalue weighted by atomic mass is 9.62. The van der Waals surface area contributed by atoms with E-state index in [0.717, 1.165) is 73.8 Å². The first-order valence-electron chi connectivity index (χ1n) is 28.9. The predicted molar refractivity (Wildman–Crippen MR) is 250 cm³/mol. The molecular formula is C56H91F6N3. The maximum Gasteiger partial charge on any atom is 0.391 e. The standard InChI is InChI=1S/C56H91F6N3/c57-55(58,59)42-33-41(34-43(35-42)56(60,61)62)40-15-13-14-39(32-40)38-24-26-48(27-25-38)65-53-30-28-49(63(44-16-5-1-6-17-44)45-18-7-2-8-19-45)36-51(53)52-37-50(29-31-54(52)65)64(46-20-9-3-10-21-46)47-22-11-4-12-23-47/h38-54H,1-37H2. The van der Waals surface area contributed by atoms with Gasteiger partial charge in [-0.2, -0.15) is 26.3 Å². The first kappa shape index (κ1) is 48.1. The van der Waals surface area contributed by atoms with E-state index in [1.165, 1.54) is 193 Å². The van der Waals surface area contributed by atoms with Crippen LogP contribution < -0.4 is 0 Å². The highest BCUT2D eigenvalue weighted by atomic mass is 19.4. The van der Waals surface area contributed by atoms with Crippen molar-refractivity contribution in [2.24, 2.45) is 47.3 Å². The van der Waals surface area contributed by atoms with Crippen molar-refractivity contribution in [3.8, 4) is 0 Å². The Bertz CT molecular complexity index is 1350. The van der Waals surface area contributed by atoms with Gasteiger partial charge in [0.15, 0.2) is 0 Å². The third-order valence-corrected chi connectivity index (χ3v) is 21.7. The molecule has 0 N–H and O–H groups in total. The summed E-state index contributed by atoms with van der Waals surface area (Å²) in [5, 5.41) is 0. The maximum atomic E-state index is 14.0. The molecule has 0 aromatic carbocycles. The Kier molecular flexibility index (Phi) is 15.6. The predicted octanol–water partition coefficient (Wildman–Crippen LogP) is 15.8. The summed E-state index contributed by atoms with van der Waals surface area (Å²) in [6.45, 7) is 0. The molecule has 10 atom stereocenters. The minimum Gasteiger partial charge on any atom is -0.294 e. The van der Waals surface area contributed by atoms with Gasteiger partial charge in [0.2, 0.25) is 0 Å². The molecule has 10 unspecified atom stereocenters. The Hall–Kier alpha value is -0.540. The van der Waals surface area contributed by atoms with E-state index in [0.29, 0.717) is 30.0 Å². The molecule has 65 heavy (non-hydrogen) atoms. The molecule has 9 heteroatoms. The topological polar surface area (TPSA) is 9.72 Å². The van der Waals surface area contributed by atoms with Crippen molar-refractivity contribution in [2.45, 2.75) is 304 Å². The lowest BCUT2D eigenvalue weighted by Crippen LogP contribution is -2.55. The molecule has 10 rings (SSSR count). The van der Waals surface area contributed by atoms with E-state index in [1.807, 2.05) is 0 Å². The van der Waals surface area contributed by atoms with Gasteiger partial charge in [-0.25, -0.2) is 0 Å². The Morgan fingerprint density at radius 3 is 1.06 bits per heavy atom. The van der Waals surface area contributed by atoms with Gasteiger partial charge >= 0.3 is 12.4 Å². The summed E-state index contributed by atoms with van der Waals surface area (Å²) >= 11 is 0. The summed E-state index contributed by atoms with van der Waals surface area (Å²) in [5.74, 6) is -1.41. The van der Waals surface area contributed by atoms with Gasteiger partial charge in [-0.1, -0.05) is 96.3 Å². The van der Waals surface area contributed by atoms with Crippen molar-refractivity contribution in [1.82, 2.24) is 14.7 Å².